The van der Waals surface area contributed by atoms with Crippen molar-refractivity contribution in [1.29, 1.82) is 0 Å². The first-order chi connectivity index (χ1) is 10.8. The number of nitrogens with zero attached hydrogens (tertiary/aromatic N) is 5. The van der Waals surface area contributed by atoms with E-state index in [0.29, 0.717) is 12.4 Å². The molecule has 1 fully saturated rings. The number of aromatic nitrogens is 4. The Morgan fingerprint density at radius 1 is 1.35 bits per heavy atom. The molecule has 0 saturated carbocycles. The molecule has 1 unspecified atom stereocenters. The summed E-state index contributed by atoms with van der Waals surface area (Å²) in [5, 5.41) is 7.51. The van der Waals surface area contributed by atoms with E-state index >= 15 is 0 Å². The zero-order valence-electron chi connectivity index (χ0n) is 12.8. The zero-order valence-corrected chi connectivity index (χ0v) is 13.7. The number of hydrogen-bond donors (Lipinski definition) is 1. The minimum absolute atomic E-state index is 0. The number of likely N-dealkylation sites (N-methyl/N-ethyl adjacent to an activating group) is 1. The third-order valence-corrected chi connectivity index (χ3v) is 4.13. The Balaban J connectivity index is 0.00000156. The van der Waals surface area contributed by atoms with Crippen molar-refractivity contribution >= 4 is 23.4 Å². The molecule has 7 nitrogen and oxygen atoms in total. The van der Waals surface area contributed by atoms with E-state index in [1.807, 2.05) is 35.2 Å². The van der Waals surface area contributed by atoms with Gasteiger partial charge in [-0.15, -0.1) is 12.4 Å². The number of para-hydroxylation sites is 2. The Kier molecular flexibility index (Phi) is 4.61. The topological polar surface area (TPSA) is 72.0 Å². The van der Waals surface area contributed by atoms with Crippen molar-refractivity contribution in [1.82, 2.24) is 29.9 Å². The van der Waals surface area contributed by atoms with E-state index in [4.69, 9.17) is 4.52 Å². The number of benzene rings is 1. The van der Waals surface area contributed by atoms with Gasteiger partial charge in [0.1, 0.15) is 6.54 Å². The second-order valence-corrected chi connectivity index (χ2v) is 5.61. The van der Waals surface area contributed by atoms with Gasteiger partial charge in [0.05, 0.1) is 23.4 Å². The molecule has 0 radical (unpaired) electrons. The summed E-state index contributed by atoms with van der Waals surface area (Å²) in [6.07, 6.45) is 1.81. The Labute approximate surface area is 140 Å². The fourth-order valence-electron chi connectivity index (χ4n) is 2.84. The first kappa shape index (κ1) is 15.9. The minimum Gasteiger partial charge on any atom is -0.337 e. The average molecular weight is 335 g/mol. The number of nitrogens with one attached hydrogen (secondary N) is 1. The molecule has 0 bridgehead atoms. The summed E-state index contributed by atoms with van der Waals surface area (Å²) in [4.78, 5) is 11.2. The highest BCUT2D eigenvalue weighted by Crippen LogP contribution is 2.19. The van der Waals surface area contributed by atoms with E-state index in [0.717, 1.165) is 36.5 Å². The maximum Gasteiger partial charge on any atom is 0.246 e. The van der Waals surface area contributed by atoms with Crippen LogP contribution in [0, 0.1) is 0 Å². The lowest BCUT2D eigenvalue weighted by Crippen LogP contribution is -2.44. The van der Waals surface area contributed by atoms with Crippen molar-refractivity contribution in [3.8, 4) is 0 Å². The first-order valence-corrected chi connectivity index (χ1v) is 7.44. The molecular formula is C15H19ClN6O. The second-order valence-electron chi connectivity index (χ2n) is 5.61. The number of hydrogen-bond acceptors (Lipinski definition) is 6. The molecule has 1 aliphatic rings. The van der Waals surface area contributed by atoms with Crippen LogP contribution in [0.5, 0.6) is 0 Å². The fraction of sp³-hybridized carbons (Fsp3) is 0.400. The van der Waals surface area contributed by atoms with Gasteiger partial charge >= 0.3 is 0 Å². The van der Waals surface area contributed by atoms with Crippen LogP contribution in [-0.2, 0) is 6.54 Å². The predicted octanol–water partition coefficient (Wildman–Crippen LogP) is 1.47. The molecule has 3 heterocycles. The third-order valence-electron chi connectivity index (χ3n) is 4.13. The normalized spacial score (nSPS) is 18.9. The van der Waals surface area contributed by atoms with Gasteiger partial charge in [0.15, 0.2) is 5.82 Å². The molecule has 23 heavy (non-hydrogen) atoms. The quantitative estimate of drug-likeness (QED) is 0.782. The van der Waals surface area contributed by atoms with Gasteiger partial charge in [-0.3, -0.25) is 4.90 Å². The average Bonchev–Trinajstić information content (AvgIpc) is 3.16. The molecule has 8 heteroatoms. The Bertz CT molecular complexity index is 785. The molecule has 1 aromatic carbocycles. The molecule has 1 N–H and O–H groups in total. The number of piperazine rings is 1. The van der Waals surface area contributed by atoms with Crippen molar-refractivity contribution in [2.24, 2.45) is 0 Å². The molecule has 1 aliphatic heterocycles. The van der Waals surface area contributed by atoms with Gasteiger partial charge in [-0.1, -0.05) is 17.3 Å². The van der Waals surface area contributed by atoms with E-state index in [1.54, 1.807) is 0 Å². The number of rotatable bonds is 3. The van der Waals surface area contributed by atoms with Crippen LogP contribution < -0.4 is 5.32 Å². The maximum atomic E-state index is 5.42. The summed E-state index contributed by atoms with van der Waals surface area (Å²) in [6.45, 7) is 3.38. The lowest BCUT2D eigenvalue weighted by molar-refractivity contribution is 0.190. The summed E-state index contributed by atoms with van der Waals surface area (Å²) in [6, 6.07) is 8.19. The van der Waals surface area contributed by atoms with Gasteiger partial charge in [0, 0.05) is 19.6 Å². The largest absolute Gasteiger partial charge is 0.337 e. The Hall–Kier alpha value is -1.96. The molecule has 4 rings (SSSR count). The van der Waals surface area contributed by atoms with E-state index in [2.05, 4.69) is 32.4 Å². The highest BCUT2D eigenvalue weighted by Gasteiger charge is 2.25. The van der Waals surface area contributed by atoms with Crippen LogP contribution in [0.15, 0.2) is 35.1 Å². The highest BCUT2D eigenvalue weighted by atomic mass is 35.5. The van der Waals surface area contributed by atoms with E-state index in [9.17, 15) is 0 Å². The lowest BCUT2D eigenvalue weighted by Gasteiger charge is -2.30. The predicted molar refractivity (Wildman–Crippen MR) is 88.6 cm³/mol. The SMILES string of the molecule is CN1CCNCC1c1noc(Cn2cnc3ccccc32)n1.Cl. The molecular weight excluding hydrogens is 316 g/mol. The van der Waals surface area contributed by atoms with Crippen LogP contribution in [0.2, 0.25) is 0 Å². The Morgan fingerprint density at radius 2 is 2.22 bits per heavy atom. The van der Waals surface area contributed by atoms with Crippen LogP contribution in [0.25, 0.3) is 11.0 Å². The standard InChI is InChI=1S/C15H18N6O.ClH/c1-20-7-6-16-8-13(20)15-18-14(22-19-15)9-21-10-17-11-4-2-3-5-12(11)21;/h2-5,10,13,16H,6-9H2,1H3;1H. The molecule has 0 aliphatic carbocycles. The first-order valence-electron chi connectivity index (χ1n) is 7.44. The molecule has 2 aromatic heterocycles. The fourth-order valence-corrected chi connectivity index (χ4v) is 2.84. The number of halogens is 1. The van der Waals surface area contributed by atoms with Gasteiger partial charge in [0.25, 0.3) is 0 Å². The minimum atomic E-state index is 0. The highest BCUT2D eigenvalue weighted by molar-refractivity contribution is 5.85. The molecule has 122 valence electrons. The smallest absolute Gasteiger partial charge is 0.246 e. The molecule has 3 aromatic rings. The molecule has 0 spiro atoms. The summed E-state index contributed by atoms with van der Waals surface area (Å²) in [5.41, 5.74) is 2.04. The van der Waals surface area contributed by atoms with E-state index < -0.39 is 0 Å². The maximum absolute atomic E-state index is 5.42. The van der Waals surface area contributed by atoms with Crippen LogP contribution in [-0.4, -0.2) is 51.3 Å². The van der Waals surface area contributed by atoms with Crippen LogP contribution >= 0.6 is 12.4 Å². The van der Waals surface area contributed by atoms with Gasteiger partial charge in [-0.05, 0) is 19.2 Å². The lowest BCUT2D eigenvalue weighted by atomic mass is 10.2. The van der Waals surface area contributed by atoms with Gasteiger partial charge in [0.2, 0.25) is 5.89 Å². The zero-order chi connectivity index (χ0) is 14.9. The summed E-state index contributed by atoms with van der Waals surface area (Å²) >= 11 is 0. The van der Waals surface area contributed by atoms with Crippen molar-refractivity contribution in [2.75, 3.05) is 26.7 Å². The van der Waals surface area contributed by atoms with E-state index in [1.165, 1.54) is 0 Å². The summed E-state index contributed by atoms with van der Waals surface area (Å²) < 4.78 is 7.45. The van der Waals surface area contributed by atoms with Gasteiger partial charge in [-0.25, -0.2) is 4.98 Å². The van der Waals surface area contributed by atoms with E-state index in [-0.39, 0.29) is 18.4 Å². The summed E-state index contributed by atoms with van der Waals surface area (Å²) in [7, 11) is 2.09. The molecule has 0 amide bonds. The van der Waals surface area contributed by atoms with Gasteiger partial charge in [-0.2, -0.15) is 4.98 Å². The van der Waals surface area contributed by atoms with Crippen molar-refractivity contribution in [3.63, 3.8) is 0 Å². The number of imidazole rings is 1. The van der Waals surface area contributed by atoms with Crippen LogP contribution in [0.1, 0.15) is 17.8 Å². The third kappa shape index (κ3) is 3.08. The van der Waals surface area contributed by atoms with Crippen molar-refractivity contribution < 1.29 is 4.52 Å². The van der Waals surface area contributed by atoms with Crippen LogP contribution in [0.3, 0.4) is 0 Å². The van der Waals surface area contributed by atoms with Gasteiger partial charge < -0.3 is 14.4 Å². The number of fused-ring (bicyclic) bond motifs is 1. The Morgan fingerprint density at radius 3 is 3.09 bits per heavy atom. The van der Waals surface area contributed by atoms with Crippen LogP contribution in [0.4, 0.5) is 0 Å². The molecule has 1 atom stereocenters. The molecule has 1 saturated heterocycles. The van der Waals surface area contributed by atoms with Crippen molar-refractivity contribution in [3.05, 3.63) is 42.3 Å². The van der Waals surface area contributed by atoms with Crippen molar-refractivity contribution in [2.45, 2.75) is 12.6 Å². The second kappa shape index (κ2) is 6.66. The summed E-state index contributed by atoms with van der Waals surface area (Å²) in [5.74, 6) is 1.35. The monoisotopic (exact) mass is 334 g/mol.